The molecule has 0 spiro atoms. The van der Waals surface area contributed by atoms with Crippen molar-refractivity contribution >= 4 is 5.69 Å². The van der Waals surface area contributed by atoms with Crippen LogP contribution in [0, 0.1) is 5.92 Å². The molecule has 0 aliphatic heterocycles. The van der Waals surface area contributed by atoms with Gasteiger partial charge in [-0.15, -0.1) is 0 Å². The minimum atomic E-state index is 0.330. The smallest absolute Gasteiger partial charge is 0.145 e. The Balaban J connectivity index is 2.03. The van der Waals surface area contributed by atoms with Crippen LogP contribution >= 0.6 is 0 Å². The Morgan fingerprint density at radius 1 is 1.26 bits per heavy atom. The average molecular weight is 263 g/mol. The van der Waals surface area contributed by atoms with Gasteiger partial charge in [0.15, 0.2) is 0 Å². The van der Waals surface area contributed by atoms with Crippen LogP contribution in [0.4, 0.5) is 5.69 Å². The Bertz CT molecular complexity index is 406. The Morgan fingerprint density at radius 2 is 2.05 bits per heavy atom. The number of benzene rings is 1. The maximum Gasteiger partial charge on any atom is 0.145 e. The highest BCUT2D eigenvalue weighted by atomic mass is 16.5. The first-order valence-electron chi connectivity index (χ1n) is 7.39. The summed E-state index contributed by atoms with van der Waals surface area (Å²) in [5, 5.41) is 0. The van der Waals surface area contributed by atoms with E-state index in [1.165, 1.54) is 19.3 Å². The number of hydrogen-bond acceptors (Lipinski definition) is 3. The highest BCUT2D eigenvalue weighted by Gasteiger charge is 2.23. The highest BCUT2D eigenvalue weighted by molar-refractivity contribution is 5.55. The molecule has 3 nitrogen and oxygen atoms in total. The molecule has 0 heterocycles. The summed E-state index contributed by atoms with van der Waals surface area (Å²) in [4.78, 5) is 0. The highest BCUT2D eigenvalue weighted by Crippen LogP contribution is 2.31. The molecule has 1 saturated carbocycles. The zero-order valence-corrected chi connectivity index (χ0v) is 12.0. The van der Waals surface area contributed by atoms with Gasteiger partial charge in [0.05, 0.1) is 12.3 Å². The maximum atomic E-state index is 6.11. The van der Waals surface area contributed by atoms with Gasteiger partial charge >= 0.3 is 0 Å². The Hall–Kier alpha value is -1.38. The molecule has 0 bridgehead atoms. The van der Waals surface area contributed by atoms with Crippen LogP contribution in [0.1, 0.15) is 46.0 Å². The molecule has 1 fully saturated rings. The van der Waals surface area contributed by atoms with E-state index >= 15 is 0 Å². The van der Waals surface area contributed by atoms with Gasteiger partial charge in [0.2, 0.25) is 0 Å². The van der Waals surface area contributed by atoms with E-state index < -0.39 is 0 Å². The summed E-state index contributed by atoms with van der Waals surface area (Å²) in [5.41, 5.74) is 6.59. The zero-order valence-electron chi connectivity index (χ0n) is 12.0. The summed E-state index contributed by atoms with van der Waals surface area (Å²) in [7, 11) is 0. The van der Waals surface area contributed by atoms with Crippen molar-refractivity contribution in [3.05, 3.63) is 18.2 Å². The van der Waals surface area contributed by atoms with E-state index in [2.05, 4.69) is 13.8 Å². The lowest BCUT2D eigenvalue weighted by atomic mass is 9.88. The first-order valence-corrected chi connectivity index (χ1v) is 7.39. The first-order chi connectivity index (χ1) is 9.20. The van der Waals surface area contributed by atoms with Gasteiger partial charge in [0.25, 0.3) is 0 Å². The molecule has 1 aromatic carbocycles. The summed E-state index contributed by atoms with van der Waals surface area (Å²) in [6, 6.07) is 5.73. The molecule has 0 radical (unpaired) electrons. The van der Waals surface area contributed by atoms with Crippen LogP contribution in [0.25, 0.3) is 0 Å². The van der Waals surface area contributed by atoms with E-state index in [1.807, 2.05) is 18.2 Å². The molecule has 2 rings (SSSR count). The molecule has 0 amide bonds. The van der Waals surface area contributed by atoms with Crippen LogP contribution in [0.3, 0.4) is 0 Å². The van der Waals surface area contributed by atoms with Gasteiger partial charge in [-0.05, 0) is 43.7 Å². The number of nitrogen functional groups attached to an aromatic ring is 1. The topological polar surface area (TPSA) is 44.5 Å². The van der Waals surface area contributed by atoms with E-state index in [9.17, 15) is 0 Å². The lowest BCUT2D eigenvalue weighted by Crippen LogP contribution is -2.28. The maximum absolute atomic E-state index is 6.11. The fourth-order valence-corrected chi connectivity index (χ4v) is 2.56. The summed E-state index contributed by atoms with van der Waals surface area (Å²) >= 11 is 0. The number of ether oxygens (including phenoxy) is 2. The third-order valence-corrected chi connectivity index (χ3v) is 3.77. The molecule has 1 aliphatic rings. The SMILES string of the molecule is CCCOc1cc(OC2CCCCC2C)ccc1N. The van der Waals surface area contributed by atoms with E-state index in [4.69, 9.17) is 15.2 Å². The molecule has 2 unspecified atom stereocenters. The average Bonchev–Trinajstić information content (AvgIpc) is 2.42. The molecule has 2 atom stereocenters. The quantitative estimate of drug-likeness (QED) is 0.816. The summed E-state index contributed by atoms with van der Waals surface area (Å²) in [6.07, 6.45) is 6.31. The molecule has 106 valence electrons. The predicted molar refractivity (Wildman–Crippen MR) is 78.7 cm³/mol. The fourth-order valence-electron chi connectivity index (χ4n) is 2.56. The van der Waals surface area contributed by atoms with Gasteiger partial charge in [-0.2, -0.15) is 0 Å². The number of nitrogens with two attached hydrogens (primary N) is 1. The fraction of sp³-hybridized carbons (Fsp3) is 0.625. The Labute approximate surface area is 116 Å². The third-order valence-electron chi connectivity index (χ3n) is 3.77. The van der Waals surface area contributed by atoms with Gasteiger partial charge in [0.1, 0.15) is 17.6 Å². The first kappa shape index (κ1) is 14.0. The number of rotatable bonds is 5. The van der Waals surface area contributed by atoms with Gasteiger partial charge in [0, 0.05) is 6.07 Å². The number of hydrogen-bond donors (Lipinski definition) is 1. The molecular formula is C16H25NO2. The summed E-state index contributed by atoms with van der Waals surface area (Å²) in [5.74, 6) is 2.24. The van der Waals surface area contributed by atoms with Crippen molar-refractivity contribution in [2.45, 2.75) is 52.1 Å². The molecule has 0 saturated heterocycles. The second kappa shape index (κ2) is 6.69. The third kappa shape index (κ3) is 3.79. The summed E-state index contributed by atoms with van der Waals surface area (Å²) < 4.78 is 11.7. The molecule has 3 heteroatoms. The van der Waals surface area contributed by atoms with Gasteiger partial charge in [-0.3, -0.25) is 0 Å². The van der Waals surface area contributed by atoms with Crippen molar-refractivity contribution in [2.75, 3.05) is 12.3 Å². The van der Waals surface area contributed by atoms with Crippen molar-refractivity contribution in [3.63, 3.8) is 0 Å². The van der Waals surface area contributed by atoms with E-state index in [0.717, 1.165) is 24.3 Å². The Morgan fingerprint density at radius 3 is 2.79 bits per heavy atom. The van der Waals surface area contributed by atoms with Crippen molar-refractivity contribution < 1.29 is 9.47 Å². The van der Waals surface area contributed by atoms with Gasteiger partial charge < -0.3 is 15.2 Å². The van der Waals surface area contributed by atoms with Crippen LogP contribution in [0.15, 0.2) is 18.2 Å². The standard InChI is InChI=1S/C16H25NO2/c1-3-10-18-16-11-13(8-9-14(16)17)19-15-7-5-4-6-12(15)2/h8-9,11-12,15H,3-7,10,17H2,1-2H3. The van der Waals surface area contributed by atoms with Crippen LogP contribution < -0.4 is 15.2 Å². The Kier molecular flexibility index (Phi) is 4.94. The second-order valence-corrected chi connectivity index (χ2v) is 5.47. The van der Waals surface area contributed by atoms with E-state index in [1.54, 1.807) is 0 Å². The van der Waals surface area contributed by atoms with E-state index in [0.29, 0.717) is 24.3 Å². The normalized spacial score (nSPS) is 23.1. The van der Waals surface area contributed by atoms with Crippen LogP contribution in [-0.4, -0.2) is 12.7 Å². The molecule has 1 aliphatic carbocycles. The van der Waals surface area contributed by atoms with Gasteiger partial charge in [-0.25, -0.2) is 0 Å². The molecule has 2 N–H and O–H groups in total. The second-order valence-electron chi connectivity index (χ2n) is 5.47. The largest absolute Gasteiger partial charge is 0.491 e. The van der Waals surface area contributed by atoms with Crippen molar-refractivity contribution in [3.8, 4) is 11.5 Å². The van der Waals surface area contributed by atoms with Crippen LogP contribution in [0.5, 0.6) is 11.5 Å². The molecular weight excluding hydrogens is 238 g/mol. The molecule has 19 heavy (non-hydrogen) atoms. The van der Waals surface area contributed by atoms with Crippen molar-refractivity contribution in [1.82, 2.24) is 0 Å². The van der Waals surface area contributed by atoms with E-state index in [-0.39, 0.29) is 0 Å². The number of anilines is 1. The van der Waals surface area contributed by atoms with Gasteiger partial charge in [-0.1, -0.05) is 20.3 Å². The zero-order chi connectivity index (χ0) is 13.7. The monoisotopic (exact) mass is 263 g/mol. The predicted octanol–water partition coefficient (Wildman–Crippen LogP) is 4.02. The van der Waals surface area contributed by atoms with Crippen LogP contribution in [0.2, 0.25) is 0 Å². The van der Waals surface area contributed by atoms with Crippen LogP contribution in [-0.2, 0) is 0 Å². The minimum absolute atomic E-state index is 0.330. The van der Waals surface area contributed by atoms with Crippen molar-refractivity contribution in [2.24, 2.45) is 5.92 Å². The summed E-state index contributed by atoms with van der Waals surface area (Å²) in [6.45, 7) is 5.04. The molecule has 1 aromatic rings. The minimum Gasteiger partial charge on any atom is -0.491 e. The van der Waals surface area contributed by atoms with Crippen molar-refractivity contribution in [1.29, 1.82) is 0 Å². The molecule has 0 aromatic heterocycles. The lowest BCUT2D eigenvalue weighted by Gasteiger charge is -2.29. The lowest BCUT2D eigenvalue weighted by molar-refractivity contribution is 0.102.